The van der Waals surface area contributed by atoms with Crippen LogP contribution in [0.4, 0.5) is 0 Å². The Labute approximate surface area is 150 Å². The van der Waals surface area contributed by atoms with Crippen LogP contribution in [-0.2, 0) is 0 Å². The van der Waals surface area contributed by atoms with E-state index in [1.54, 1.807) is 18.2 Å². The smallest absolute Gasteiger partial charge is 0.336 e. The van der Waals surface area contributed by atoms with Crippen molar-refractivity contribution in [2.75, 3.05) is 0 Å². The van der Waals surface area contributed by atoms with Gasteiger partial charge in [-0.05, 0) is 51.2 Å². The molecule has 0 bridgehead atoms. The molecule has 4 unspecified atom stereocenters. The molecule has 1 aliphatic heterocycles. The largest absolute Gasteiger partial charge is 0.478 e. The summed E-state index contributed by atoms with van der Waals surface area (Å²) in [5, 5.41) is 16.2. The zero-order valence-electron chi connectivity index (χ0n) is 15.8. The van der Waals surface area contributed by atoms with Crippen LogP contribution < -0.4 is 10.6 Å². The van der Waals surface area contributed by atoms with Gasteiger partial charge in [-0.3, -0.25) is 4.79 Å². The fourth-order valence-corrected chi connectivity index (χ4v) is 3.89. The lowest BCUT2D eigenvalue weighted by Crippen LogP contribution is -2.68. The van der Waals surface area contributed by atoms with E-state index in [1.807, 2.05) is 0 Å². The number of hydrogen-bond donors (Lipinski definition) is 3. The normalized spacial score (nSPS) is 32.2. The Morgan fingerprint density at radius 2 is 1.80 bits per heavy atom. The number of carbonyl (C=O) groups excluding carboxylic acids is 1. The molecule has 5 nitrogen and oxygen atoms in total. The van der Waals surface area contributed by atoms with Crippen molar-refractivity contribution in [1.82, 2.24) is 10.6 Å². The SMILES string of the molecule is CCC1(C)CC(NC(=O)c2ccccc2C(=O)O)C(C)C(C)(CC)N1. The molecule has 2 rings (SSSR count). The summed E-state index contributed by atoms with van der Waals surface area (Å²) in [6.45, 7) is 10.9. The Kier molecular flexibility index (Phi) is 5.57. The fourth-order valence-electron chi connectivity index (χ4n) is 3.89. The van der Waals surface area contributed by atoms with Gasteiger partial charge in [0.15, 0.2) is 0 Å². The molecule has 1 saturated heterocycles. The van der Waals surface area contributed by atoms with Gasteiger partial charge in [0.05, 0.1) is 11.1 Å². The van der Waals surface area contributed by atoms with E-state index < -0.39 is 5.97 Å². The predicted octanol–water partition coefficient (Wildman–Crippen LogP) is 3.45. The van der Waals surface area contributed by atoms with Gasteiger partial charge >= 0.3 is 5.97 Å². The molecular formula is C20H30N2O3. The highest BCUT2D eigenvalue weighted by molar-refractivity contribution is 6.04. The highest BCUT2D eigenvalue weighted by Gasteiger charge is 2.46. The van der Waals surface area contributed by atoms with E-state index in [2.05, 4.69) is 45.3 Å². The molecule has 4 atom stereocenters. The van der Waals surface area contributed by atoms with Gasteiger partial charge in [-0.2, -0.15) is 0 Å². The van der Waals surface area contributed by atoms with E-state index in [9.17, 15) is 14.7 Å². The van der Waals surface area contributed by atoms with E-state index in [0.717, 1.165) is 19.3 Å². The quantitative estimate of drug-likeness (QED) is 0.763. The zero-order valence-corrected chi connectivity index (χ0v) is 15.8. The number of aromatic carboxylic acids is 1. The van der Waals surface area contributed by atoms with Crippen LogP contribution in [0.25, 0.3) is 0 Å². The van der Waals surface area contributed by atoms with Gasteiger partial charge in [-0.1, -0.05) is 32.9 Å². The Morgan fingerprint density at radius 1 is 1.20 bits per heavy atom. The molecule has 0 saturated carbocycles. The van der Waals surface area contributed by atoms with Crippen LogP contribution >= 0.6 is 0 Å². The molecule has 0 radical (unpaired) electrons. The summed E-state index contributed by atoms with van der Waals surface area (Å²) in [7, 11) is 0. The number of carboxylic acids is 1. The summed E-state index contributed by atoms with van der Waals surface area (Å²) in [4.78, 5) is 24.2. The number of benzene rings is 1. The molecule has 138 valence electrons. The molecule has 0 aromatic heterocycles. The van der Waals surface area contributed by atoms with Crippen molar-refractivity contribution in [3.63, 3.8) is 0 Å². The first-order valence-electron chi connectivity index (χ1n) is 9.08. The second kappa shape index (κ2) is 7.16. The van der Waals surface area contributed by atoms with E-state index in [1.165, 1.54) is 6.07 Å². The summed E-state index contributed by atoms with van der Waals surface area (Å²) in [5.41, 5.74) is 0.129. The van der Waals surface area contributed by atoms with Crippen LogP contribution in [0.2, 0.25) is 0 Å². The lowest BCUT2D eigenvalue weighted by atomic mass is 9.69. The van der Waals surface area contributed by atoms with Crippen molar-refractivity contribution in [2.45, 2.75) is 71.0 Å². The first kappa shape index (κ1) is 19.4. The lowest BCUT2D eigenvalue weighted by Gasteiger charge is -2.53. The van der Waals surface area contributed by atoms with Crippen molar-refractivity contribution < 1.29 is 14.7 Å². The summed E-state index contributed by atoms with van der Waals surface area (Å²) in [6, 6.07) is 6.36. The standard InChI is InChI=1S/C20H30N2O3/c1-6-19(4)12-16(13(3)20(5,7-2)22-19)21-17(23)14-10-8-9-11-15(14)18(24)25/h8-11,13,16,22H,6-7,12H2,1-5H3,(H,21,23)(H,24,25). The Hall–Kier alpha value is -1.88. The molecule has 3 N–H and O–H groups in total. The molecule has 0 aliphatic carbocycles. The summed E-state index contributed by atoms with van der Waals surface area (Å²) in [6.07, 6.45) is 2.75. The third-order valence-corrected chi connectivity index (χ3v) is 6.10. The molecule has 1 aromatic rings. The maximum Gasteiger partial charge on any atom is 0.336 e. The number of piperidine rings is 1. The Bertz CT molecular complexity index is 660. The van der Waals surface area contributed by atoms with E-state index in [4.69, 9.17) is 0 Å². The third-order valence-electron chi connectivity index (χ3n) is 6.10. The van der Waals surface area contributed by atoms with Gasteiger partial charge in [0.25, 0.3) is 5.91 Å². The molecule has 1 heterocycles. The van der Waals surface area contributed by atoms with E-state index >= 15 is 0 Å². The van der Waals surface area contributed by atoms with Crippen LogP contribution in [-0.4, -0.2) is 34.1 Å². The van der Waals surface area contributed by atoms with Crippen LogP contribution in [0.5, 0.6) is 0 Å². The maximum absolute atomic E-state index is 12.8. The number of carbonyl (C=O) groups is 2. The minimum Gasteiger partial charge on any atom is -0.478 e. The zero-order chi connectivity index (χ0) is 18.8. The van der Waals surface area contributed by atoms with Gasteiger partial charge < -0.3 is 15.7 Å². The number of nitrogens with one attached hydrogen (secondary N) is 2. The average molecular weight is 346 g/mol. The maximum atomic E-state index is 12.8. The predicted molar refractivity (Wildman–Crippen MR) is 99.0 cm³/mol. The van der Waals surface area contributed by atoms with Gasteiger partial charge in [0, 0.05) is 17.1 Å². The number of amides is 1. The van der Waals surface area contributed by atoms with E-state index in [0.29, 0.717) is 0 Å². The van der Waals surface area contributed by atoms with Gasteiger partial charge in [0.2, 0.25) is 0 Å². The van der Waals surface area contributed by atoms with Crippen molar-refractivity contribution >= 4 is 11.9 Å². The summed E-state index contributed by atoms with van der Waals surface area (Å²) in [5.74, 6) is -1.16. The molecule has 25 heavy (non-hydrogen) atoms. The second-order valence-electron chi connectivity index (χ2n) is 7.73. The van der Waals surface area contributed by atoms with Gasteiger partial charge in [-0.15, -0.1) is 0 Å². The number of hydrogen-bond acceptors (Lipinski definition) is 3. The van der Waals surface area contributed by atoms with Crippen LogP contribution in [0.15, 0.2) is 24.3 Å². The van der Waals surface area contributed by atoms with Gasteiger partial charge in [0.1, 0.15) is 0 Å². The molecule has 1 amide bonds. The Morgan fingerprint density at radius 3 is 2.32 bits per heavy atom. The second-order valence-corrected chi connectivity index (χ2v) is 7.73. The van der Waals surface area contributed by atoms with Crippen molar-refractivity contribution in [3.05, 3.63) is 35.4 Å². The molecule has 0 spiro atoms. The monoisotopic (exact) mass is 346 g/mol. The van der Waals surface area contributed by atoms with Crippen LogP contribution in [0.1, 0.15) is 74.6 Å². The number of carboxylic acid groups (broad SMARTS) is 1. The third kappa shape index (κ3) is 3.87. The topological polar surface area (TPSA) is 78.4 Å². The molecule has 1 fully saturated rings. The van der Waals surface area contributed by atoms with Crippen molar-refractivity contribution in [1.29, 1.82) is 0 Å². The average Bonchev–Trinajstić information content (AvgIpc) is 2.59. The molecule has 1 aromatic carbocycles. The lowest BCUT2D eigenvalue weighted by molar-refractivity contribution is 0.0526. The summed E-state index contributed by atoms with van der Waals surface area (Å²) < 4.78 is 0. The van der Waals surface area contributed by atoms with Crippen LogP contribution in [0, 0.1) is 5.92 Å². The van der Waals surface area contributed by atoms with E-state index in [-0.39, 0.29) is 40.1 Å². The minimum absolute atomic E-state index is 0.00880. The Balaban J connectivity index is 2.29. The molecule has 1 aliphatic rings. The minimum atomic E-state index is -1.08. The van der Waals surface area contributed by atoms with Crippen molar-refractivity contribution in [3.8, 4) is 0 Å². The number of rotatable bonds is 5. The molecule has 5 heteroatoms. The first-order valence-corrected chi connectivity index (χ1v) is 9.08. The first-order chi connectivity index (χ1) is 11.7. The van der Waals surface area contributed by atoms with Crippen molar-refractivity contribution in [2.24, 2.45) is 5.92 Å². The molecular weight excluding hydrogens is 316 g/mol. The highest BCUT2D eigenvalue weighted by atomic mass is 16.4. The van der Waals surface area contributed by atoms with Gasteiger partial charge in [-0.25, -0.2) is 4.79 Å². The highest BCUT2D eigenvalue weighted by Crippen LogP contribution is 2.37. The van der Waals surface area contributed by atoms with Crippen LogP contribution in [0.3, 0.4) is 0 Å². The fraction of sp³-hybridized carbons (Fsp3) is 0.600. The summed E-state index contributed by atoms with van der Waals surface area (Å²) >= 11 is 0.